The van der Waals surface area contributed by atoms with Gasteiger partial charge in [-0.3, -0.25) is 9.59 Å². The fourth-order valence-corrected chi connectivity index (χ4v) is 4.05. The normalized spacial score (nSPS) is 11.0. The minimum Gasteiger partial charge on any atom is -0.497 e. The Morgan fingerprint density at radius 1 is 0.795 bits per heavy atom. The van der Waals surface area contributed by atoms with Crippen molar-refractivity contribution in [3.63, 3.8) is 0 Å². The van der Waals surface area contributed by atoms with Crippen LogP contribution in [0, 0.1) is 6.92 Å². The van der Waals surface area contributed by atoms with Crippen molar-refractivity contribution < 1.29 is 23.9 Å². The Bertz CT molecular complexity index is 1400. The van der Waals surface area contributed by atoms with Gasteiger partial charge in [-0.05, 0) is 63.8 Å². The average molecular weight is 605 g/mol. The first kappa shape index (κ1) is 33.8. The Morgan fingerprint density at radius 2 is 1.36 bits per heavy atom. The third kappa shape index (κ3) is 10.9. The van der Waals surface area contributed by atoms with Gasteiger partial charge in [0.05, 0.1) is 7.11 Å². The first-order valence-electron chi connectivity index (χ1n) is 14.9. The lowest BCUT2D eigenvalue weighted by molar-refractivity contribution is 0.0525. The van der Waals surface area contributed by atoms with Crippen LogP contribution in [-0.4, -0.2) is 53.6 Å². The van der Waals surface area contributed by atoms with Gasteiger partial charge in [0.15, 0.2) is 28.8 Å². The van der Waals surface area contributed by atoms with Gasteiger partial charge in [-0.2, -0.15) is 0 Å². The van der Waals surface area contributed by atoms with Gasteiger partial charge >= 0.3 is 6.09 Å². The molecule has 0 fully saturated rings. The van der Waals surface area contributed by atoms with Crippen LogP contribution >= 0.6 is 0 Å². The van der Waals surface area contributed by atoms with Gasteiger partial charge in [0.1, 0.15) is 11.4 Å². The molecule has 0 saturated carbocycles. The van der Waals surface area contributed by atoms with Crippen LogP contribution in [0.25, 0.3) is 0 Å². The number of ether oxygens (including phenoxy) is 2. The van der Waals surface area contributed by atoms with Crippen molar-refractivity contribution in [1.82, 2.24) is 20.6 Å². The summed E-state index contributed by atoms with van der Waals surface area (Å²) in [5.74, 6) is 0.472. The summed E-state index contributed by atoms with van der Waals surface area (Å²) in [5, 5.41) is 12.0. The first-order chi connectivity index (χ1) is 21.0. The van der Waals surface area contributed by atoms with Gasteiger partial charge in [0, 0.05) is 32.6 Å². The number of hydrogen-bond acceptors (Lipinski definition) is 9. The monoisotopic (exact) mass is 604 g/mol. The highest BCUT2D eigenvalue weighted by atomic mass is 16.6. The van der Waals surface area contributed by atoms with Crippen molar-refractivity contribution >= 4 is 29.4 Å². The van der Waals surface area contributed by atoms with E-state index < -0.39 is 11.7 Å². The van der Waals surface area contributed by atoms with Crippen molar-refractivity contribution in [2.24, 2.45) is 0 Å². The third-order valence-corrected chi connectivity index (χ3v) is 6.36. The number of carbonyl (C=O) groups is 3. The van der Waals surface area contributed by atoms with Crippen molar-refractivity contribution in [1.29, 1.82) is 0 Å². The standard InChI is InChI=1S/C33H44N6O5/c1-7-18-34-31(41)28-30(37-20-23-12-10-22(2)11-13-23)38-27(26(40)9-8-19-35-32(42)44-33(3,4)5)29(39-28)36-21-24-14-16-25(43-6)17-15-24/h10-17H,7-9,18-21H2,1-6H3,(H,34,41)(H,35,42)(H,36,39)(H,37,38). The van der Waals surface area contributed by atoms with E-state index in [1.54, 1.807) is 27.9 Å². The maximum Gasteiger partial charge on any atom is 0.407 e. The fraction of sp³-hybridized carbons (Fsp3) is 0.424. The topological polar surface area (TPSA) is 144 Å². The summed E-state index contributed by atoms with van der Waals surface area (Å²) in [4.78, 5) is 48.0. The number of rotatable bonds is 15. The second-order valence-corrected chi connectivity index (χ2v) is 11.4. The van der Waals surface area contributed by atoms with Crippen molar-refractivity contribution in [3.05, 3.63) is 76.6 Å². The molecule has 0 radical (unpaired) electrons. The second-order valence-electron chi connectivity index (χ2n) is 11.4. The minimum atomic E-state index is -0.618. The Balaban J connectivity index is 1.88. The second kappa shape index (κ2) is 16.3. The van der Waals surface area contributed by atoms with E-state index in [-0.39, 0.29) is 47.7 Å². The number of aromatic nitrogens is 2. The van der Waals surface area contributed by atoms with Crippen LogP contribution in [0.3, 0.4) is 0 Å². The highest BCUT2D eigenvalue weighted by Crippen LogP contribution is 2.22. The van der Waals surface area contributed by atoms with Crippen LogP contribution in [0.4, 0.5) is 16.4 Å². The van der Waals surface area contributed by atoms with Crippen LogP contribution in [0.2, 0.25) is 0 Å². The molecule has 2 amide bonds. The van der Waals surface area contributed by atoms with Crippen molar-refractivity contribution in [2.75, 3.05) is 30.8 Å². The molecule has 0 unspecified atom stereocenters. The van der Waals surface area contributed by atoms with Gasteiger partial charge in [-0.1, -0.05) is 48.9 Å². The van der Waals surface area contributed by atoms with Crippen LogP contribution in [0.5, 0.6) is 5.75 Å². The molecule has 0 aliphatic carbocycles. The number of hydrogen-bond donors (Lipinski definition) is 4. The summed E-state index contributed by atoms with van der Waals surface area (Å²) in [6, 6.07) is 15.5. The van der Waals surface area contributed by atoms with Crippen molar-refractivity contribution in [3.8, 4) is 5.75 Å². The van der Waals surface area contributed by atoms with Crippen LogP contribution in [0.1, 0.15) is 84.6 Å². The van der Waals surface area contributed by atoms with Crippen LogP contribution in [-0.2, 0) is 17.8 Å². The molecule has 0 aliphatic rings. The number of nitrogens with one attached hydrogen (secondary N) is 4. The molecule has 11 heteroatoms. The number of ketones is 1. The lowest BCUT2D eigenvalue weighted by Crippen LogP contribution is -2.33. The molecule has 1 heterocycles. The Kier molecular flexibility index (Phi) is 12.5. The molecule has 2 aromatic carbocycles. The number of Topliss-reactive ketones (excluding diaryl/α,β-unsaturated/α-hetero) is 1. The van der Waals surface area contributed by atoms with E-state index in [2.05, 4.69) is 31.2 Å². The number of nitrogens with zero attached hydrogens (tertiary/aromatic N) is 2. The predicted molar refractivity (Wildman–Crippen MR) is 171 cm³/mol. The summed E-state index contributed by atoms with van der Waals surface area (Å²) in [6.45, 7) is 10.8. The quantitative estimate of drug-likeness (QED) is 0.128. The molecular formula is C33H44N6O5. The van der Waals surface area contributed by atoms with E-state index in [4.69, 9.17) is 9.47 Å². The first-order valence-corrected chi connectivity index (χ1v) is 14.9. The van der Waals surface area contributed by atoms with Gasteiger partial charge in [-0.25, -0.2) is 14.8 Å². The lowest BCUT2D eigenvalue weighted by atomic mass is 10.1. The molecular weight excluding hydrogens is 560 g/mol. The molecule has 0 atom stereocenters. The highest BCUT2D eigenvalue weighted by Gasteiger charge is 2.23. The molecule has 0 aliphatic heterocycles. The van der Waals surface area contributed by atoms with Crippen LogP contribution in [0.15, 0.2) is 48.5 Å². The number of anilines is 2. The molecule has 236 valence electrons. The smallest absolute Gasteiger partial charge is 0.407 e. The van der Waals surface area contributed by atoms with E-state index in [9.17, 15) is 14.4 Å². The number of aryl methyl sites for hydroxylation is 1. The minimum absolute atomic E-state index is 0.0888. The summed E-state index contributed by atoms with van der Waals surface area (Å²) in [7, 11) is 1.60. The van der Waals surface area contributed by atoms with Crippen molar-refractivity contribution in [2.45, 2.75) is 72.6 Å². The fourth-order valence-electron chi connectivity index (χ4n) is 4.05. The molecule has 11 nitrogen and oxygen atoms in total. The Morgan fingerprint density at radius 3 is 1.93 bits per heavy atom. The maximum atomic E-state index is 13.5. The predicted octanol–water partition coefficient (Wildman–Crippen LogP) is 5.65. The van der Waals surface area contributed by atoms with E-state index >= 15 is 0 Å². The zero-order valence-corrected chi connectivity index (χ0v) is 26.5. The van der Waals surface area contributed by atoms with E-state index in [1.807, 2.05) is 62.4 Å². The number of benzene rings is 2. The van der Waals surface area contributed by atoms with E-state index in [0.29, 0.717) is 26.1 Å². The van der Waals surface area contributed by atoms with Gasteiger partial charge in [-0.15, -0.1) is 0 Å². The van der Waals surface area contributed by atoms with Gasteiger partial charge in [0.25, 0.3) is 5.91 Å². The molecule has 3 rings (SSSR count). The maximum absolute atomic E-state index is 13.5. The number of amides is 2. The lowest BCUT2D eigenvalue weighted by Gasteiger charge is -2.19. The SMILES string of the molecule is CCCNC(=O)c1nc(NCc2ccc(OC)cc2)c(C(=O)CCCNC(=O)OC(C)(C)C)nc1NCc1ccc(C)cc1. The number of alkyl carbamates (subject to hydrolysis) is 1. The molecule has 44 heavy (non-hydrogen) atoms. The molecule has 3 aromatic rings. The molecule has 0 spiro atoms. The zero-order valence-electron chi connectivity index (χ0n) is 26.5. The van der Waals surface area contributed by atoms with E-state index in [1.165, 1.54) is 0 Å². The Hall–Kier alpha value is -4.67. The number of methoxy groups -OCH3 is 1. The Labute approximate surface area is 259 Å². The average Bonchev–Trinajstić information content (AvgIpc) is 2.99. The molecule has 1 aromatic heterocycles. The summed E-state index contributed by atoms with van der Waals surface area (Å²) < 4.78 is 10.5. The largest absolute Gasteiger partial charge is 0.497 e. The van der Waals surface area contributed by atoms with E-state index in [0.717, 1.165) is 28.9 Å². The molecule has 0 saturated heterocycles. The third-order valence-electron chi connectivity index (χ3n) is 6.36. The van der Waals surface area contributed by atoms with Crippen LogP contribution < -0.4 is 26.0 Å². The zero-order chi connectivity index (χ0) is 32.1. The van der Waals surface area contributed by atoms with Gasteiger partial charge < -0.3 is 30.7 Å². The highest BCUT2D eigenvalue weighted by molar-refractivity contribution is 6.02. The number of carbonyl (C=O) groups excluding carboxylic acids is 3. The summed E-state index contributed by atoms with van der Waals surface area (Å²) in [5.41, 5.74) is 2.62. The summed E-state index contributed by atoms with van der Waals surface area (Å²) in [6.07, 6.45) is 0.668. The van der Waals surface area contributed by atoms with Gasteiger partial charge in [0.2, 0.25) is 0 Å². The molecule has 4 N–H and O–H groups in total. The molecule has 0 bridgehead atoms. The summed E-state index contributed by atoms with van der Waals surface area (Å²) >= 11 is 0.